The third-order valence-electron chi connectivity index (χ3n) is 2.60. The van der Waals surface area contributed by atoms with E-state index in [4.69, 9.17) is 27.9 Å². The molecule has 0 aliphatic heterocycles. The van der Waals surface area contributed by atoms with Crippen molar-refractivity contribution in [3.05, 3.63) is 39.9 Å². The highest BCUT2D eigenvalue weighted by Gasteiger charge is 2.15. The lowest BCUT2D eigenvalue weighted by Gasteiger charge is -2.11. The largest absolute Gasteiger partial charge is 0.449 e. The van der Waals surface area contributed by atoms with Crippen molar-refractivity contribution < 1.29 is 14.3 Å². The number of hydrogen-bond donors (Lipinski definition) is 1. The molecule has 0 bridgehead atoms. The van der Waals surface area contributed by atoms with Crippen LogP contribution in [0.4, 0.5) is 0 Å². The molecule has 0 fully saturated rings. The number of ether oxygens (including phenoxy) is 1. The minimum Gasteiger partial charge on any atom is -0.449 e. The third-order valence-corrected chi connectivity index (χ3v) is 3.26. The zero-order valence-electron chi connectivity index (χ0n) is 11.9. The highest BCUT2D eigenvalue weighted by Crippen LogP contribution is 2.25. The van der Waals surface area contributed by atoms with Crippen LogP contribution < -0.4 is 5.32 Å². The van der Waals surface area contributed by atoms with Crippen LogP contribution in [0.5, 0.6) is 0 Å². The van der Waals surface area contributed by atoms with Crippen LogP contribution >= 0.6 is 23.2 Å². The maximum Gasteiger partial charge on any atom is 0.331 e. The molecule has 114 valence electrons. The summed E-state index contributed by atoms with van der Waals surface area (Å²) < 4.78 is 4.99. The number of hydrogen-bond acceptors (Lipinski definition) is 3. The van der Waals surface area contributed by atoms with Crippen molar-refractivity contribution in [1.82, 2.24) is 5.32 Å². The minimum atomic E-state index is -0.851. The topological polar surface area (TPSA) is 55.4 Å². The van der Waals surface area contributed by atoms with Crippen LogP contribution in [0.15, 0.2) is 24.3 Å². The molecule has 0 unspecified atom stereocenters. The Bertz CT molecular complexity index is 523. The summed E-state index contributed by atoms with van der Waals surface area (Å²) in [6.07, 6.45) is 2.62. The number of nitrogens with one attached hydrogen (secondary N) is 1. The Morgan fingerprint density at radius 1 is 1.33 bits per heavy atom. The average molecular weight is 330 g/mol. The summed E-state index contributed by atoms with van der Waals surface area (Å²) in [5, 5.41) is 3.51. The Labute approximate surface area is 134 Å². The fraction of sp³-hybridized carbons (Fsp3) is 0.333. The summed E-state index contributed by atoms with van der Waals surface area (Å²) in [6, 6.07) is 5.04. The monoisotopic (exact) mass is 329 g/mol. The fourth-order valence-electron chi connectivity index (χ4n) is 1.48. The Kier molecular flexibility index (Phi) is 7.26. The van der Waals surface area contributed by atoms with Crippen LogP contribution in [0.25, 0.3) is 6.08 Å². The van der Waals surface area contributed by atoms with Gasteiger partial charge >= 0.3 is 5.97 Å². The number of rotatable bonds is 6. The van der Waals surface area contributed by atoms with Crippen LogP contribution in [0.1, 0.15) is 25.8 Å². The van der Waals surface area contributed by atoms with Crippen molar-refractivity contribution in [2.75, 3.05) is 6.54 Å². The number of benzene rings is 1. The van der Waals surface area contributed by atoms with Crippen molar-refractivity contribution in [2.45, 2.75) is 26.4 Å². The van der Waals surface area contributed by atoms with Gasteiger partial charge in [-0.1, -0.05) is 36.2 Å². The van der Waals surface area contributed by atoms with Crippen LogP contribution in [-0.2, 0) is 14.3 Å². The van der Waals surface area contributed by atoms with Crippen LogP contribution in [0.2, 0.25) is 10.0 Å². The number of carbonyl (C=O) groups is 2. The molecule has 0 radical (unpaired) electrons. The Morgan fingerprint density at radius 2 is 1.95 bits per heavy atom. The zero-order valence-corrected chi connectivity index (χ0v) is 13.4. The highest BCUT2D eigenvalue weighted by molar-refractivity contribution is 6.37. The average Bonchev–Trinajstić information content (AvgIpc) is 2.44. The summed E-state index contributed by atoms with van der Waals surface area (Å²) in [5.41, 5.74) is 0.529. The maximum atomic E-state index is 11.7. The van der Waals surface area contributed by atoms with Gasteiger partial charge in [0.25, 0.3) is 5.91 Å². The predicted molar refractivity (Wildman–Crippen MR) is 84.4 cm³/mol. The summed E-state index contributed by atoms with van der Waals surface area (Å²) in [7, 11) is 0. The second-order valence-corrected chi connectivity index (χ2v) is 5.15. The Morgan fingerprint density at radius 3 is 2.52 bits per heavy atom. The van der Waals surface area contributed by atoms with Crippen LogP contribution in [-0.4, -0.2) is 24.5 Å². The van der Waals surface area contributed by atoms with E-state index in [-0.39, 0.29) is 5.91 Å². The summed E-state index contributed by atoms with van der Waals surface area (Å²) in [4.78, 5) is 23.2. The van der Waals surface area contributed by atoms with Crippen molar-refractivity contribution in [2.24, 2.45) is 0 Å². The molecule has 1 aromatic carbocycles. The first-order chi connectivity index (χ1) is 9.95. The molecule has 4 nitrogen and oxygen atoms in total. The molecule has 1 amide bonds. The third kappa shape index (κ3) is 5.78. The molecule has 0 saturated carbocycles. The molecule has 0 heterocycles. The van der Waals surface area contributed by atoms with E-state index in [1.54, 1.807) is 18.2 Å². The molecule has 1 rings (SSSR count). The van der Waals surface area contributed by atoms with E-state index in [1.807, 2.05) is 6.92 Å². The predicted octanol–water partition coefficient (Wildman–Crippen LogP) is 3.46. The van der Waals surface area contributed by atoms with E-state index < -0.39 is 12.1 Å². The normalized spacial score (nSPS) is 12.2. The zero-order chi connectivity index (χ0) is 15.8. The number of amides is 1. The van der Waals surface area contributed by atoms with Crippen LogP contribution in [0, 0.1) is 0 Å². The molecule has 0 saturated heterocycles. The van der Waals surface area contributed by atoms with Gasteiger partial charge in [0.1, 0.15) is 0 Å². The van der Waals surface area contributed by atoms with Crippen molar-refractivity contribution in [1.29, 1.82) is 0 Å². The van der Waals surface area contributed by atoms with Gasteiger partial charge in [-0.05, 0) is 31.6 Å². The molecule has 0 aliphatic carbocycles. The fourth-order valence-corrected chi connectivity index (χ4v) is 2.00. The lowest BCUT2D eigenvalue weighted by molar-refractivity contribution is -0.150. The molecule has 1 aromatic rings. The van der Waals surface area contributed by atoms with Crippen molar-refractivity contribution in [3.8, 4) is 0 Å². The van der Waals surface area contributed by atoms with Gasteiger partial charge in [0.05, 0.1) is 0 Å². The van der Waals surface area contributed by atoms with Gasteiger partial charge in [0.15, 0.2) is 6.10 Å². The SMILES string of the molecule is CCCNC(=O)[C@H](C)OC(=O)/C=C/c1c(Cl)cccc1Cl. The van der Waals surface area contributed by atoms with E-state index in [9.17, 15) is 9.59 Å². The molecule has 1 atom stereocenters. The first-order valence-corrected chi connectivity index (χ1v) is 7.31. The van der Waals surface area contributed by atoms with Crippen molar-refractivity contribution >= 4 is 41.2 Å². The van der Waals surface area contributed by atoms with Gasteiger partial charge in [-0.15, -0.1) is 0 Å². The first-order valence-electron chi connectivity index (χ1n) is 6.56. The second-order valence-electron chi connectivity index (χ2n) is 4.34. The van der Waals surface area contributed by atoms with Gasteiger partial charge in [0.2, 0.25) is 0 Å². The molecule has 0 aromatic heterocycles. The van der Waals surface area contributed by atoms with Crippen LogP contribution in [0.3, 0.4) is 0 Å². The highest BCUT2D eigenvalue weighted by atomic mass is 35.5. The second kappa shape index (κ2) is 8.70. The van der Waals surface area contributed by atoms with E-state index in [2.05, 4.69) is 5.32 Å². The van der Waals surface area contributed by atoms with Gasteiger partial charge in [-0.2, -0.15) is 0 Å². The molecular formula is C15H17Cl2NO3. The lowest BCUT2D eigenvalue weighted by atomic mass is 10.2. The number of esters is 1. The minimum absolute atomic E-state index is 0.325. The lowest BCUT2D eigenvalue weighted by Crippen LogP contribution is -2.35. The van der Waals surface area contributed by atoms with E-state index in [1.165, 1.54) is 19.1 Å². The maximum absolute atomic E-state index is 11.7. The number of halogens is 2. The van der Waals surface area contributed by atoms with E-state index >= 15 is 0 Å². The van der Waals surface area contributed by atoms with E-state index in [0.717, 1.165) is 6.42 Å². The Balaban J connectivity index is 2.61. The van der Waals surface area contributed by atoms with Crippen molar-refractivity contribution in [3.63, 3.8) is 0 Å². The first kappa shape index (κ1) is 17.5. The molecule has 0 spiro atoms. The van der Waals surface area contributed by atoms with Gasteiger partial charge in [-0.25, -0.2) is 4.79 Å². The standard InChI is InChI=1S/C15H17Cl2NO3/c1-3-9-18-15(20)10(2)21-14(19)8-7-11-12(16)5-4-6-13(11)17/h4-8,10H,3,9H2,1-2H3,(H,18,20)/b8-7+/t10-/m0/s1. The summed E-state index contributed by atoms with van der Waals surface area (Å²) in [6.45, 7) is 4.00. The van der Waals surface area contributed by atoms with Gasteiger partial charge < -0.3 is 10.1 Å². The quantitative estimate of drug-likeness (QED) is 0.642. The molecule has 21 heavy (non-hydrogen) atoms. The molecule has 1 N–H and O–H groups in total. The van der Waals surface area contributed by atoms with Gasteiger partial charge in [0, 0.05) is 28.2 Å². The van der Waals surface area contributed by atoms with E-state index in [0.29, 0.717) is 22.2 Å². The molecular weight excluding hydrogens is 313 g/mol. The molecule has 0 aliphatic rings. The smallest absolute Gasteiger partial charge is 0.331 e. The molecule has 6 heteroatoms. The number of carbonyl (C=O) groups excluding carboxylic acids is 2. The summed E-state index contributed by atoms with van der Waals surface area (Å²) in [5.74, 6) is -0.959. The van der Waals surface area contributed by atoms with Gasteiger partial charge in [-0.3, -0.25) is 4.79 Å². The summed E-state index contributed by atoms with van der Waals surface area (Å²) >= 11 is 11.9. The Hall–Kier alpha value is -1.52.